The van der Waals surface area contributed by atoms with Gasteiger partial charge in [0, 0.05) is 11.1 Å². The molecule has 0 bridgehead atoms. The molecule has 0 fully saturated rings. The molecule has 0 aliphatic carbocycles. The molecule has 0 aliphatic heterocycles. The fraction of sp³-hybridized carbons (Fsp3) is 0.133. The van der Waals surface area contributed by atoms with Crippen molar-refractivity contribution in [3.63, 3.8) is 0 Å². The zero-order valence-electron chi connectivity index (χ0n) is 9.90. The summed E-state index contributed by atoms with van der Waals surface area (Å²) in [5.74, 6) is -0.573. The molecule has 0 saturated heterocycles. The summed E-state index contributed by atoms with van der Waals surface area (Å²) in [6.45, 7) is 0.480. The van der Waals surface area contributed by atoms with Crippen LogP contribution in [0, 0.1) is 5.82 Å². The van der Waals surface area contributed by atoms with Crippen LogP contribution < -0.4 is 5.73 Å². The van der Waals surface area contributed by atoms with Gasteiger partial charge in [-0.15, -0.1) is 0 Å². The second-order valence-corrected chi connectivity index (χ2v) is 4.04. The molecule has 0 saturated carbocycles. The van der Waals surface area contributed by atoms with E-state index in [0.717, 1.165) is 5.56 Å². The highest BCUT2D eigenvalue weighted by molar-refractivity contribution is 6.09. The topological polar surface area (TPSA) is 43.1 Å². The van der Waals surface area contributed by atoms with Crippen molar-refractivity contribution < 1.29 is 9.18 Å². The number of halogens is 1. The Labute approximate surface area is 105 Å². The van der Waals surface area contributed by atoms with E-state index in [4.69, 9.17) is 5.73 Å². The number of nitrogens with two attached hydrogens (primary N) is 1. The Morgan fingerprint density at radius 1 is 1.11 bits per heavy atom. The second-order valence-electron chi connectivity index (χ2n) is 4.04. The minimum Gasteiger partial charge on any atom is -0.330 e. The molecule has 0 aromatic heterocycles. The first-order chi connectivity index (χ1) is 8.72. The third-order valence-electron chi connectivity index (χ3n) is 2.76. The van der Waals surface area contributed by atoms with Crippen LogP contribution >= 0.6 is 0 Å². The average Bonchev–Trinajstić information content (AvgIpc) is 2.39. The Morgan fingerprint density at radius 3 is 2.61 bits per heavy atom. The predicted octanol–water partition coefficient (Wildman–Crippen LogP) is 2.56. The van der Waals surface area contributed by atoms with Crippen LogP contribution in [0.3, 0.4) is 0 Å². The summed E-state index contributed by atoms with van der Waals surface area (Å²) in [5.41, 5.74) is 7.37. The van der Waals surface area contributed by atoms with Gasteiger partial charge in [0.05, 0.1) is 0 Å². The molecule has 0 amide bonds. The van der Waals surface area contributed by atoms with Crippen molar-refractivity contribution in [3.05, 3.63) is 71.0 Å². The highest BCUT2D eigenvalue weighted by atomic mass is 19.1. The molecule has 2 N–H and O–H groups in total. The third-order valence-corrected chi connectivity index (χ3v) is 2.76. The van der Waals surface area contributed by atoms with Gasteiger partial charge in [0.25, 0.3) is 0 Å². The third kappa shape index (κ3) is 2.63. The Morgan fingerprint density at radius 2 is 1.89 bits per heavy atom. The summed E-state index contributed by atoms with van der Waals surface area (Å²) >= 11 is 0. The lowest BCUT2D eigenvalue weighted by atomic mass is 9.97. The molecule has 3 heteroatoms. The maximum absolute atomic E-state index is 13.1. The van der Waals surface area contributed by atoms with E-state index in [-0.39, 0.29) is 5.78 Å². The quantitative estimate of drug-likeness (QED) is 0.839. The molecule has 0 radical (unpaired) electrons. The molecule has 0 heterocycles. The van der Waals surface area contributed by atoms with Gasteiger partial charge < -0.3 is 5.73 Å². The summed E-state index contributed by atoms with van der Waals surface area (Å²) in [5, 5.41) is 0. The standard InChI is InChI=1S/C15H14FNO/c16-13-6-3-5-12(10-13)15(18)14-7-2-1-4-11(14)8-9-17/h1-7,10H,8-9,17H2. The number of benzene rings is 2. The van der Waals surface area contributed by atoms with Crippen molar-refractivity contribution in [3.8, 4) is 0 Å². The van der Waals surface area contributed by atoms with E-state index in [0.29, 0.717) is 24.1 Å². The molecule has 2 nitrogen and oxygen atoms in total. The lowest BCUT2D eigenvalue weighted by molar-refractivity contribution is 0.103. The van der Waals surface area contributed by atoms with Gasteiger partial charge >= 0.3 is 0 Å². The molecule has 0 unspecified atom stereocenters. The van der Waals surface area contributed by atoms with Crippen molar-refractivity contribution in [2.24, 2.45) is 5.73 Å². The molecule has 0 aliphatic rings. The number of ketones is 1. The van der Waals surface area contributed by atoms with Gasteiger partial charge in [0.1, 0.15) is 5.82 Å². The van der Waals surface area contributed by atoms with Crippen LogP contribution in [0.4, 0.5) is 4.39 Å². The van der Waals surface area contributed by atoms with Crippen LogP contribution in [0.1, 0.15) is 21.5 Å². The first kappa shape index (κ1) is 12.5. The first-order valence-electron chi connectivity index (χ1n) is 5.80. The van der Waals surface area contributed by atoms with Gasteiger partial charge in [-0.2, -0.15) is 0 Å². The Hall–Kier alpha value is -2.00. The minimum absolute atomic E-state index is 0.168. The van der Waals surface area contributed by atoms with Crippen molar-refractivity contribution in [1.29, 1.82) is 0 Å². The van der Waals surface area contributed by atoms with Crippen molar-refractivity contribution in [2.75, 3.05) is 6.54 Å². The number of hydrogen-bond donors (Lipinski definition) is 1. The van der Waals surface area contributed by atoms with E-state index in [9.17, 15) is 9.18 Å². The average molecular weight is 243 g/mol. The smallest absolute Gasteiger partial charge is 0.193 e. The highest BCUT2D eigenvalue weighted by Gasteiger charge is 2.13. The Bertz CT molecular complexity index is 566. The summed E-state index contributed by atoms with van der Waals surface area (Å²) < 4.78 is 13.1. The number of carbonyl (C=O) groups is 1. The van der Waals surface area contributed by atoms with Crippen LogP contribution in [0.25, 0.3) is 0 Å². The Kier molecular flexibility index (Phi) is 3.85. The zero-order chi connectivity index (χ0) is 13.0. The number of hydrogen-bond acceptors (Lipinski definition) is 2. The van der Waals surface area contributed by atoms with Crippen LogP contribution in [0.2, 0.25) is 0 Å². The van der Waals surface area contributed by atoms with Crippen LogP contribution in [0.15, 0.2) is 48.5 Å². The summed E-state index contributed by atoms with van der Waals surface area (Å²) in [4.78, 5) is 12.3. The number of rotatable bonds is 4. The first-order valence-corrected chi connectivity index (χ1v) is 5.80. The molecule has 2 aromatic carbocycles. The summed E-state index contributed by atoms with van der Waals surface area (Å²) in [6.07, 6.45) is 0.636. The molecule has 0 atom stereocenters. The van der Waals surface area contributed by atoms with Crippen LogP contribution in [-0.4, -0.2) is 12.3 Å². The maximum Gasteiger partial charge on any atom is 0.193 e. The lowest BCUT2D eigenvalue weighted by Gasteiger charge is -2.07. The van der Waals surface area contributed by atoms with Gasteiger partial charge in [-0.05, 0) is 30.7 Å². The zero-order valence-corrected chi connectivity index (χ0v) is 9.90. The van der Waals surface area contributed by atoms with E-state index in [2.05, 4.69) is 0 Å². The molecular weight excluding hydrogens is 229 g/mol. The normalized spacial score (nSPS) is 10.3. The van der Waals surface area contributed by atoms with Gasteiger partial charge in [0.2, 0.25) is 0 Å². The molecule has 2 rings (SSSR count). The van der Waals surface area contributed by atoms with Gasteiger partial charge in [-0.25, -0.2) is 4.39 Å². The molecule has 18 heavy (non-hydrogen) atoms. The van der Waals surface area contributed by atoms with Crippen molar-refractivity contribution >= 4 is 5.78 Å². The van der Waals surface area contributed by atoms with E-state index in [1.807, 2.05) is 12.1 Å². The Balaban J connectivity index is 2.40. The minimum atomic E-state index is -0.405. The van der Waals surface area contributed by atoms with Crippen molar-refractivity contribution in [1.82, 2.24) is 0 Å². The van der Waals surface area contributed by atoms with Crippen LogP contribution in [0.5, 0.6) is 0 Å². The fourth-order valence-corrected chi connectivity index (χ4v) is 1.90. The number of carbonyl (C=O) groups excluding carboxylic acids is 1. The largest absolute Gasteiger partial charge is 0.330 e. The summed E-state index contributed by atoms with van der Waals surface area (Å²) in [6, 6.07) is 13.0. The second kappa shape index (κ2) is 5.56. The van der Waals surface area contributed by atoms with E-state index < -0.39 is 5.82 Å². The van der Waals surface area contributed by atoms with Gasteiger partial charge in [-0.1, -0.05) is 36.4 Å². The lowest BCUT2D eigenvalue weighted by Crippen LogP contribution is -2.10. The molecular formula is C15H14FNO. The van der Waals surface area contributed by atoms with Crippen LogP contribution in [-0.2, 0) is 6.42 Å². The fourth-order valence-electron chi connectivity index (χ4n) is 1.90. The highest BCUT2D eigenvalue weighted by Crippen LogP contribution is 2.15. The van der Waals surface area contributed by atoms with E-state index in [1.54, 1.807) is 18.2 Å². The maximum atomic E-state index is 13.1. The monoisotopic (exact) mass is 243 g/mol. The van der Waals surface area contributed by atoms with Crippen molar-refractivity contribution in [2.45, 2.75) is 6.42 Å². The SMILES string of the molecule is NCCc1ccccc1C(=O)c1cccc(F)c1. The van der Waals surface area contributed by atoms with Gasteiger partial charge in [0.15, 0.2) is 5.78 Å². The van der Waals surface area contributed by atoms with E-state index in [1.165, 1.54) is 18.2 Å². The molecule has 2 aromatic rings. The molecule has 92 valence electrons. The predicted molar refractivity (Wildman–Crippen MR) is 69.0 cm³/mol. The summed E-state index contributed by atoms with van der Waals surface area (Å²) in [7, 11) is 0. The van der Waals surface area contributed by atoms with E-state index >= 15 is 0 Å². The molecule has 0 spiro atoms. The van der Waals surface area contributed by atoms with Gasteiger partial charge in [-0.3, -0.25) is 4.79 Å².